The topological polar surface area (TPSA) is 86.8 Å². The second-order valence-electron chi connectivity index (χ2n) is 9.62. The van der Waals surface area contributed by atoms with Crippen LogP contribution in [-0.2, 0) is 26.2 Å². The van der Waals surface area contributed by atoms with Crippen LogP contribution in [0, 0.1) is 6.92 Å². The number of anilines is 1. The molecule has 1 N–H and O–H groups in total. The first-order valence-corrected chi connectivity index (χ1v) is 15.6. The predicted molar refractivity (Wildman–Crippen MR) is 158 cm³/mol. The van der Waals surface area contributed by atoms with Crippen molar-refractivity contribution in [1.82, 2.24) is 10.2 Å². The number of thioether (sulfide) groups is 1. The lowest BCUT2D eigenvalue weighted by molar-refractivity contribution is -0.140. The van der Waals surface area contributed by atoms with E-state index in [4.69, 9.17) is 0 Å². The maximum absolute atomic E-state index is 14.0. The van der Waals surface area contributed by atoms with E-state index >= 15 is 0 Å². The number of sulfonamides is 1. The second-order valence-corrected chi connectivity index (χ2v) is 12.4. The van der Waals surface area contributed by atoms with E-state index in [0.717, 1.165) is 20.3 Å². The van der Waals surface area contributed by atoms with Crippen molar-refractivity contribution >= 4 is 39.3 Å². The van der Waals surface area contributed by atoms with Crippen molar-refractivity contribution in [2.75, 3.05) is 17.1 Å². The molecule has 0 radical (unpaired) electrons. The molecule has 0 heterocycles. The Morgan fingerprint density at radius 2 is 1.54 bits per heavy atom. The molecule has 3 aromatic rings. The van der Waals surface area contributed by atoms with Gasteiger partial charge in [0.2, 0.25) is 11.8 Å². The van der Waals surface area contributed by atoms with Crippen molar-refractivity contribution in [3.05, 3.63) is 90.0 Å². The lowest BCUT2D eigenvalue weighted by Gasteiger charge is -2.33. The van der Waals surface area contributed by atoms with Gasteiger partial charge >= 0.3 is 0 Å². The van der Waals surface area contributed by atoms with E-state index in [1.54, 1.807) is 36.4 Å². The minimum Gasteiger partial charge on any atom is -0.352 e. The van der Waals surface area contributed by atoms with Gasteiger partial charge in [0, 0.05) is 17.5 Å². The first kappa shape index (κ1) is 30.2. The van der Waals surface area contributed by atoms with Gasteiger partial charge in [-0.3, -0.25) is 13.9 Å². The maximum atomic E-state index is 14.0. The van der Waals surface area contributed by atoms with Crippen LogP contribution in [0.3, 0.4) is 0 Å². The highest BCUT2D eigenvalue weighted by Gasteiger charge is 2.33. The predicted octanol–water partition coefficient (Wildman–Crippen LogP) is 5.24. The van der Waals surface area contributed by atoms with Crippen molar-refractivity contribution in [2.45, 2.75) is 62.5 Å². The van der Waals surface area contributed by atoms with Crippen molar-refractivity contribution in [3.8, 4) is 0 Å². The maximum Gasteiger partial charge on any atom is 0.264 e. The quantitative estimate of drug-likeness (QED) is 0.302. The minimum absolute atomic E-state index is 0.0906. The van der Waals surface area contributed by atoms with Gasteiger partial charge in [0.05, 0.1) is 10.6 Å². The fraction of sp³-hybridized carbons (Fsp3) is 0.333. The molecule has 1 atom stereocenters. The highest BCUT2D eigenvalue weighted by Crippen LogP contribution is 2.26. The molecule has 2 amide bonds. The van der Waals surface area contributed by atoms with E-state index in [0.29, 0.717) is 12.1 Å². The van der Waals surface area contributed by atoms with E-state index in [1.807, 2.05) is 76.4 Å². The van der Waals surface area contributed by atoms with Crippen molar-refractivity contribution in [2.24, 2.45) is 0 Å². The summed E-state index contributed by atoms with van der Waals surface area (Å²) in [7, 11) is -4.09. The number of nitrogens with zero attached hydrogens (tertiary/aromatic N) is 2. The molecular weight excluding hydrogens is 530 g/mol. The second kappa shape index (κ2) is 13.7. The molecule has 208 valence electrons. The number of nitrogens with one attached hydrogen (secondary N) is 1. The summed E-state index contributed by atoms with van der Waals surface area (Å²) >= 11 is 1.52. The summed E-state index contributed by atoms with van der Waals surface area (Å²) in [5.41, 5.74) is 2.19. The van der Waals surface area contributed by atoms with Gasteiger partial charge in [-0.25, -0.2) is 8.42 Å². The molecule has 0 aliphatic carbocycles. The number of benzene rings is 3. The van der Waals surface area contributed by atoms with Crippen LogP contribution in [0.2, 0.25) is 0 Å². The molecule has 0 spiro atoms. The number of aryl methyl sites for hydroxylation is 1. The smallest absolute Gasteiger partial charge is 0.264 e. The van der Waals surface area contributed by atoms with Gasteiger partial charge in [-0.05, 0) is 75.4 Å². The standard InChI is InChI=1S/C30H37N3O4S2/c1-6-28(30(35)31-22(2)3)32(20-24-10-8-7-9-11-24)29(34)21-33(25-14-12-23(4)13-15-25)39(36,37)27-18-16-26(38-5)17-19-27/h7-19,22,28H,6,20-21H2,1-5H3,(H,31,35). The number of hydrogen-bond acceptors (Lipinski definition) is 5. The fourth-order valence-corrected chi connectivity index (χ4v) is 6.02. The molecule has 0 aliphatic heterocycles. The van der Waals surface area contributed by atoms with Crippen molar-refractivity contribution < 1.29 is 18.0 Å². The minimum atomic E-state index is -4.09. The molecule has 0 aliphatic rings. The van der Waals surface area contributed by atoms with Crippen LogP contribution in [0.15, 0.2) is 88.7 Å². The van der Waals surface area contributed by atoms with Gasteiger partial charge in [0.1, 0.15) is 12.6 Å². The Labute approximate surface area is 236 Å². The number of amides is 2. The zero-order valence-corrected chi connectivity index (χ0v) is 24.8. The number of carbonyl (C=O) groups excluding carboxylic acids is 2. The summed E-state index contributed by atoms with van der Waals surface area (Å²) in [5, 5.41) is 2.91. The Hall–Kier alpha value is -3.30. The summed E-state index contributed by atoms with van der Waals surface area (Å²) in [6, 6.07) is 22.1. The fourth-order valence-electron chi connectivity index (χ4n) is 4.20. The summed E-state index contributed by atoms with van der Waals surface area (Å²) < 4.78 is 29.0. The SMILES string of the molecule is CCC(C(=O)NC(C)C)N(Cc1ccccc1)C(=O)CN(c1ccc(C)cc1)S(=O)(=O)c1ccc(SC)cc1. The van der Waals surface area contributed by atoms with Crippen LogP contribution in [0.4, 0.5) is 5.69 Å². The van der Waals surface area contributed by atoms with Gasteiger partial charge in [0.15, 0.2) is 0 Å². The summed E-state index contributed by atoms with van der Waals surface area (Å²) in [4.78, 5) is 29.7. The van der Waals surface area contributed by atoms with Gasteiger partial charge < -0.3 is 10.2 Å². The number of hydrogen-bond donors (Lipinski definition) is 1. The van der Waals surface area contributed by atoms with E-state index < -0.39 is 28.5 Å². The lowest BCUT2D eigenvalue weighted by atomic mass is 10.1. The monoisotopic (exact) mass is 567 g/mol. The van der Waals surface area contributed by atoms with Crippen LogP contribution in [-0.4, -0.2) is 50.0 Å². The number of rotatable bonds is 12. The van der Waals surface area contributed by atoms with E-state index in [-0.39, 0.29) is 23.4 Å². The van der Waals surface area contributed by atoms with E-state index in [2.05, 4.69) is 5.32 Å². The third-order valence-corrected chi connectivity index (χ3v) is 8.79. The Morgan fingerprint density at radius 1 is 0.923 bits per heavy atom. The normalized spacial score (nSPS) is 12.2. The van der Waals surface area contributed by atoms with Crippen LogP contribution in [0.5, 0.6) is 0 Å². The molecule has 7 nitrogen and oxygen atoms in total. The Morgan fingerprint density at radius 3 is 2.08 bits per heavy atom. The Bertz CT molecular complexity index is 1340. The molecule has 0 saturated carbocycles. The van der Waals surface area contributed by atoms with E-state index in [1.165, 1.54) is 16.7 Å². The molecule has 1 unspecified atom stereocenters. The first-order valence-electron chi connectivity index (χ1n) is 12.9. The van der Waals surface area contributed by atoms with Crippen LogP contribution in [0.25, 0.3) is 0 Å². The molecule has 9 heteroatoms. The lowest BCUT2D eigenvalue weighted by Crippen LogP contribution is -2.53. The number of carbonyl (C=O) groups is 2. The third kappa shape index (κ3) is 7.86. The first-order chi connectivity index (χ1) is 18.6. The van der Waals surface area contributed by atoms with E-state index in [9.17, 15) is 18.0 Å². The molecule has 0 aromatic heterocycles. The zero-order chi connectivity index (χ0) is 28.6. The van der Waals surface area contributed by atoms with Gasteiger partial charge in [0.25, 0.3) is 10.0 Å². The average Bonchev–Trinajstić information content (AvgIpc) is 2.92. The molecule has 3 rings (SSSR count). The highest BCUT2D eigenvalue weighted by molar-refractivity contribution is 7.98. The molecule has 39 heavy (non-hydrogen) atoms. The highest BCUT2D eigenvalue weighted by atomic mass is 32.2. The molecule has 3 aromatic carbocycles. The third-order valence-electron chi connectivity index (χ3n) is 6.26. The summed E-state index contributed by atoms with van der Waals surface area (Å²) in [5.74, 6) is -0.733. The van der Waals surface area contributed by atoms with Crippen LogP contribution in [0.1, 0.15) is 38.3 Å². The summed E-state index contributed by atoms with van der Waals surface area (Å²) in [6.45, 7) is 7.21. The molecule has 0 fully saturated rings. The van der Waals surface area contributed by atoms with Gasteiger partial charge in [-0.1, -0.05) is 55.0 Å². The molecular formula is C30H37N3O4S2. The van der Waals surface area contributed by atoms with Crippen molar-refractivity contribution in [3.63, 3.8) is 0 Å². The van der Waals surface area contributed by atoms with Crippen LogP contribution >= 0.6 is 11.8 Å². The largest absolute Gasteiger partial charge is 0.352 e. The summed E-state index contributed by atoms with van der Waals surface area (Å²) in [6.07, 6.45) is 2.30. The van der Waals surface area contributed by atoms with Crippen molar-refractivity contribution in [1.29, 1.82) is 0 Å². The van der Waals surface area contributed by atoms with Crippen LogP contribution < -0.4 is 9.62 Å². The molecule has 0 saturated heterocycles. The van der Waals surface area contributed by atoms with Gasteiger partial charge in [-0.2, -0.15) is 0 Å². The van der Waals surface area contributed by atoms with Gasteiger partial charge in [-0.15, -0.1) is 11.8 Å². The Kier molecular flexibility index (Phi) is 10.6. The molecule has 0 bridgehead atoms. The Balaban J connectivity index is 2.04. The average molecular weight is 568 g/mol. The zero-order valence-electron chi connectivity index (χ0n) is 23.1.